The molecule has 0 aliphatic heterocycles. The molecule has 0 aliphatic carbocycles. The van der Waals surface area contributed by atoms with Crippen LogP contribution in [0.1, 0.15) is 16.7 Å². The molecule has 1 amide bonds. The minimum atomic E-state index is -0.428. The van der Waals surface area contributed by atoms with Crippen molar-refractivity contribution in [2.24, 2.45) is 4.99 Å². The molecule has 29 heavy (non-hydrogen) atoms. The Morgan fingerprint density at radius 2 is 1.62 bits per heavy atom. The summed E-state index contributed by atoms with van der Waals surface area (Å²) in [5, 5.41) is 13.9. The summed E-state index contributed by atoms with van der Waals surface area (Å²) < 4.78 is 0. The number of hydrogen-bond acceptors (Lipinski definition) is 4. The molecule has 0 atom stereocenters. The molecule has 0 radical (unpaired) electrons. The first-order valence-corrected chi connectivity index (χ1v) is 9.24. The van der Waals surface area contributed by atoms with Gasteiger partial charge in [-0.25, -0.2) is 4.99 Å². The van der Waals surface area contributed by atoms with Crippen LogP contribution in [0.5, 0.6) is 0 Å². The minimum absolute atomic E-state index is 0.0455. The number of carbonyl (C=O) groups is 1. The number of aryl methyl sites for hydroxylation is 1. The van der Waals surface area contributed by atoms with Gasteiger partial charge in [-0.3, -0.25) is 14.9 Å². The predicted molar refractivity (Wildman–Crippen MR) is 114 cm³/mol. The lowest BCUT2D eigenvalue weighted by molar-refractivity contribution is -0.384. The van der Waals surface area contributed by atoms with Gasteiger partial charge in [0.1, 0.15) is 0 Å². The lowest BCUT2D eigenvalue weighted by atomic mass is 10.1. The van der Waals surface area contributed by atoms with Gasteiger partial charge in [0.2, 0.25) is 5.91 Å². The van der Waals surface area contributed by atoms with Crippen LogP contribution < -0.4 is 5.32 Å². The first-order chi connectivity index (χ1) is 13.8. The summed E-state index contributed by atoms with van der Waals surface area (Å²) >= 11 is 0. The number of hydrogen-bond donors (Lipinski definition) is 1. The molecule has 8 nitrogen and oxygen atoms in total. The van der Waals surface area contributed by atoms with E-state index in [1.165, 1.54) is 22.6 Å². The van der Waals surface area contributed by atoms with E-state index >= 15 is 0 Å². The monoisotopic (exact) mass is 397 g/mol. The SMILES string of the molecule is Cc1ccc(CN(C)C(=NCc2ccc([N+](=O)[O-])cc2)NCC(=O)N(C)C)cc1. The molecule has 0 aromatic heterocycles. The second-order valence-corrected chi connectivity index (χ2v) is 7.05. The van der Waals surface area contributed by atoms with E-state index in [-0.39, 0.29) is 18.1 Å². The summed E-state index contributed by atoms with van der Waals surface area (Å²) in [5.74, 6) is 0.524. The minimum Gasteiger partial charge on any atom is -0.347 e. The zero-order chi connectivity index (χ0) is 21.4. The Balaban J connectivity index is 2.13. The first kappa shape index (κ1) is 21.9. The third-order valence-corrected chi connectivity index (χ3v) is 4.36. The lowest BCUT2D eigenvalue weighted by Gasteiger charge is -2.23. The molecule has 1 N–H and O–H groups in total. The van der Waals surface area contributed by atoms with Gasteiger partial charge in [0.25, 0.3) is 5.69 Å². The fourth-order valence-electron chi connectivity index (χ4n) is 2.56. The standard InChI is InChI=1S/C21H27N5O3/c1-16-5-7-18(8-6-16)15-25(4)21(23-14-20(27)24(2)3)22-13-17-9-11-19(12-10-17)26(28)29/h5-12H,13-15H2,1-4H3,(H,22,23). The number of carbonyl (C=O) groups excluding carboxylic acids is 1. The van der Waals surface area contributed by atoms with Crippen molar-refractivity contribution in [1.29, 1.82) is 0 Å². The third-order valence-electron chi connectivity index (χ3n) is 4.36. The van der Waals surface area contributed by atoms with E-state index in [4.69, 9.17) is 0 Å². The molecule has 0 saturated heterocycles. The maximum atomic E-state index is 12.0. The fourth-order valence-corrected chi connectivity index (χ4v) is 2.56. The zero-order valence-electron chi connectivity index (χ0n) is 17.3. The van der Waals surface area contributed by atoms with Crippen molar-refractivity contribution >= 4 is 17.6 Å². The highest BCUT2D eigenvalue weighted by atomic mass is 16.6. The molecule has 0 aliphatic rings. The number of guanidine groups is 1. The van der Waals surface area contributed by atoms with Gasteiger partial charge in [-0.15, -0.1) is 0 Å². The number of likely N-dealkylation sites (N-methyl/N-ethyl adjacent to an activating group) is 1. The van der Waals surface area contributed by atoms with E-state index in [9.17, 15) is 14.9 Å². The van der Waals surface area contributed by atoms with Crippen LogP contribution in [0.25, 0.3) is 0 Å². The molecule has 0 fully saturated rings. The average molecular weight is 397 g/mol. The molecule has 0 bridgehead atoms. The van der Waals surface area contributed by atoms with Crippen LogP contribution in [0.15, 0.2) is 53.5 Å². The normalized spacial score (nSPS) is 11.1. The smallest absolute Gasteiger partial charge is 0.269 e. The van der Waals surface area contributed by atoms with Gasteiger partial charge >= 0.3 is 0 Å². The third kappa shape index (κ3) is 6.91. The molecule has 8 heteroatoms. The molecule has 0 heterocycles. The highest BCUT2D eigenvalue weighted by Gasteiger charge is 2.11. The van der Waals surface area contributed by atoms with Crippen LogP contribution in [-0.2, 0) is 17.9 Å². The van der Waals surface area contributed by atoms with Crippen LogP contribution in [0.2, 0.25) is 0 Å². The highest BCUT2D eigenvalue weighted by molar-refractivity contribution is 5.86. The maximum Gasteiger partial charge on any atom is 0.269 e. The van der Waals surface area contributed by atoms with Crippen molar-refractivity contribution in [2.45, 2.75) is 20.0 Å². The Labute approximate surface area is 171 Å². The molecule has 2 rings (SSSR count). The Bertz CT molecular complexity index is 861. The molecule has 154 valence electrons. The van der Waals surface area contributed by atoms with Gasteiger partial charge in [0.05, 0.1) is 18.0 Å². The average Bonchev–Trinajstić information content (AvgIpc) is 2.69. The number of non-ortho nitro benzene ring substituents is 1. The van der Waals surface area contributed by atoms with E-state index in [2.05, 4.69) is 34.6 Å². The van der Waals surface area contributed by atoms with Gasteiger partial charge in [-0.2, -0.15) is 0 Å². The van der Waals surface area contributed by atoms with Crippen molar-refractivity contribution in [3.05, 3.63) is 75.3 Å². The van der Waals surface area contributed by atoms with Crippen molar-refractivity contribution in [3.63, 3.8) is 0 Å². The van der Waals surface area contributed by atoms with Crippen molar-refractivity contribution < 1.29 is 9.72 Å². The Kier molecular flexibility index (Phi) is 7.70. The maximum absolute atomic E-state index is 12.0. The van der Waals surface area contributed by atoms with Crippen LogP contribution in [0.4, 0.5) is 5.69 Å². The molecule has 2 aromatic carbocycles. The number of nitro groups is 1. The number of aliphatic imine (C=N–C) groups is 1. The van der Waals surface area contributed by atoms with Crippen molar-refractivity contribution in [3.8, 4) is 0 Å². The summed E-state index contributed by atoms with van der Waals surface area (Å²) in [6.07, 6.45) is 0. The Morgan fingerprint density at radius 1 is 1.03 bits per heavy atom. The largest absolute Gasteiger partial charge is 0.347 e. The fraction of sp³-hybridized carbons (Fsp3) is 0.333. The molecule has 0 spiro atoms. The second-order valence-electron chi connectivity index (χ2n) is 7.05. The van der Waals surface area contributed by atoms with Gasteiger partial charge in [0.15, 0.2) is 5.96 Å². The zero-order valence-corrected chi connectivity index (χ0v) is 17.3. The summed E-state index contributed by atoms with van der Waals surface area (Å²) in [4.78, 5) is 30.4. The van der Waals surface area contributed by atoms with Crippen LogP contribution >= 0.6 is 0 Å². The summed E-state index contributed by atoms with van der Waals surface area (Å²) in [5.41, 5.74) is 3.21. The molecular weight excluding hydrogens is 370 g/mol. The van der Waals surface area contributed by atoms with Gasteiger partial charge in [-0.05, 0) is 18.1 Å². The van der Waals surface area contributed by atoms with Crippen molar-refractivity contribution in [1.82, 2.24) is 15.1 Å². The van der Waals surface area contributed by atoms with E-state index in [1.807, 2.05) is 18.9 Å². The van der Waals surface area contributed by atoms with Crippen LogP contribution in [0.3, 0.4) is 0 Å². The summed E-state index contributed by atoms with van der Waals surface area (Å²) in [6, 6.07) is 14.5. The van der Waals surface area contributed by atoms with E-state index in [0.29, 0.717) is 19.0 Å². The number of rotatable bonds is 7. The Morgan fingerprint density at radius 3 is 2.17 bits per heavy atom. The van der Waals surface area contributed by atoms with Crippen LogP contribution in [0, 0.1) is 17.0 Å². The number of benzene rings is 2. The lowest BCUT2D eigenvalue weighted by Crippen LogP contribution is -2.43. The number of nitrogens with zero attached hydrogens (tertiary/aromatic N) is 4. The Hall–Kier alpha value is -3.42. The van der Waals surface area contributed by atoms with Gasteiger partial charge < -0.3 is 15.1 Å². The molecular formula is C21H27N5O3. The highest BCUT2D eigenvalue weighted by Crippen LogP contribution is 2.13. The summed E-state index contributed by atoms with van der Waals surface area (Å²) in [6.45, 7) is 3.14. The summed E-state index contributed by atoms with van der Waals surface area (Å²) in [7, 11) is 5.31. The quantitative estimate of drug-likeness (QED) is 0.336. The van der Waals surface area contributed by atoms with Gasteiger partial charge in [-0.1, -0.05) is 42.0 Å². The molecule has 0 saturated carbocycles. The number of amides is 1. The van der Waals surface area contributed by atoms with Gasteiger partial charge in [0, 0.05) is 39.8 Å². The topological polar surface area (TPSA) is 91.1 Å². The molecule has 0 unspecified atom stereocenters. The number of nitro benzene ring substituents is 1. The van der Waals surface area contributed by atoms with E-state index in [0.717, 1.165) is 11.1 Å². The van der Waals surface area contributed by atoms with E-state index in [1.54, 1.807) is 26.2 Å². The van der Waals surface area contributed by atoms with Crippen molar-refractivity contribution in [2.75, 3.05) is 27.7 Å². The predicted octanol–water partition coefficient (Wildman–Crippen LogP) is 2.57. The number of nitrogens with one attached hydrogen (secondary N) is 1. The second kappa shape index (κ2) is 10.2. The molecule has 2 aromatic rings. The van der Waals surface area contributed by atoms with Crippen LogP contribution in [-0.4, -0.2) is 54.3 Å². The van der Waals surface area contributed by atoms with E-state index < -0.39 is 4.92 Å². The first-order valence-electron chi connectivity index (χ1n) is 9.24.